The SMILES string of the molecule is CC1=CCCC(C)C12CCC(C(C)C)C2. The lowest BCUT2D eigenvalue weighted by Gasteiger charge is -2.40. The summed E-state index contributed by atoms with van der Waals surface area (Å²) in [7, 11) is 0. The van der Waals surface area contributed by atoms with Gasteiger partial charge in [0.25, 0.3) is 0 Å². The molecule has 2 aliphatic carbocycles. The van der Waals surface area contributed by atoms with Crippen LogP contribution in [0.1, 0.15) is 59.8 Å². The molecule has 15 heavy (non-hydrogen) atoms. The Labute approximate surface area is 95.1 Å². The van der Waals surface area contributed by atoms with Gasteiger partial charge in [-0.25, -0.2) is 0 Å². The topological polar surface area (TPSA) is 0 Å². The van der Waals surface area contributed by atoms with Crippen molar-refractivity contribution >= 4 is 0 Å². The summed E-state index contributed by atoms with van der Waals surface area (Å²) in [6.07, 6.45) is 9.65. The fraction of sp³-hybridized carbons (Fsp3) is 0.867. The molecule has 1 spiro atoms. The van der Waals surface area contributed by atoms with Gasteiger partial charge in [-0.1, -0.05) is 32.4 Å². The fourth-order valence-electron chi connectivity index (χ4n) is 3.91. The maximum Gasteiger partial charge on any atom is -0.00623 e. The smallest absolute Gasteiger partial charge is 0.00623 e. The van der Waals surface area contributed by atoms with Gasteiger partial charge >= 0.3 is 0 Å². The van der Waals surface area contributed by atoms with Crippen molar-refractivity contribution in [3.8, 4) is 0 Å². The molecule has 0 bridgehead atoms. The summed E-state index contributed by atoms with van der Waals surface area (Å²) >= 11 is 0. The quantitative estimate of drug-likeness (QED) is 0.540. The van der Waals surface area contributed by atoms with Gasteiger partial charge in [-0.05, 0) is 62.2 Å². The first-order valence-electron chi connectivity index (χ1n) is 6.73. The maximum absolute atomic E-state index is 2.52. The van der Waals surface area contributed by atoms with Crippen LogP contribution in [-0.2, 0) is 0 Å². The van der Waals surface area contributed by atoms with Crippen molar-refractivity contribution < 1.29 is 0 Å². The zero-order chi connectivity index (χ0) is 11.1. The highest BCUT2D eigenvalue weighted by Crippen LogP contribution is 2.56. The third kappa shape index (κ3) is 1.77. The van der Waals surface area contributed by atoms with Gasteiger partial charge < -0.3 is 0 Å². The molecule has 1 saturated carbocycles. The van der Waals surface area contributed by atoms with Crippen LogP contribution in [0.5, 0.6) is 0 Å². The van der Waals surface area contributed by atoms with Gasteiger partial charge in [-0.15, -0.1) is 0 Å². The second kappa shape index (κ2) is 3.96. The van der Waals surface area contributed by atoms with Gasteiger partial charge in [0, 0.05) is 0 Å². The Morgan fingerprint density at radius 1 is 1.33 bits per heavy atom. The van der Waals surface area contributed by atoms with Crippen molar-refractivity contribution in [3.05, 3.63) is 11.6 Å². The highest BCUT2D eigenvalue weighted by molar-refractivity contribution is 5.19. The minimum absolute atomic E-state index is 0.604. The number of hydrogen-bond donors (Lipinski definition) is 0. The van der Waals surface area contributed by atoms with E-state index in [0.29, 0.717) is 5.41 Å². The van der Waals surface area contributed by atoms with Crippen LogP contribution in [0.25, 0.3) is 0 Å². The van der Waals surface area contributed by atoms with Crippen LogP contribution in [0.4, 0.5) is 0 Å². The molecule has 0 nitrogen and oxygen atoms in total. The van der Waals surface area contributed by atoms with Gasteiger partial charge in [0.05, 0.1) is 0 Å². The van der Waals surface area contributed by atoms with Crippen molar-refractivity contribution in [1.82, 2.24) is 0 Å². The van der Waals surface area contributed by atoms with Crippen LogP contribution >= 0.6 is 0 Å². The van der Waals surface area contributed by atoms with E-state index in [-0.39, 0.29) is 0 Å². The van der Waals surface area contributed by atoms with Crippen molar-refractivity contribution in [1.29, 1.82) is 0 Å². The summed E-state index contributed by atoms with van der Waals surface area (Å²) in [6.45, 7) is 9.67. The zero-order valence-electron chi connectivity index (χ0n) is 10.8. The molecule has 0 heteroatoms. The molecule has 0 heterocycles. The third-order valence-electron chi connectivity index (χ3n) is 5.31. The molecule has 0 aromatic carbocycles. The van der Waals surface area contributed by atoms with Gasteiger partial charge in [0.15, 0.2) is 0 Å². The average Bonchev–Trinajstić information content (AvgIpc) is 2.61. The molecule has 0 aromatic rings. The number of hydrogen-bond acceptors (Lipinski definition) is 0. The Kier molecular flexibility index (Phi) is 2.96. The Morgan fingerprint density at radius 3 is 2.60 bits per heavy atom. The highest BCUT2D eigenvalue weighted by Gasteiger charge is 2.45. The molecule has 0 N–H and O–H groups in total. The molecular weight excluding hydrogens is 180 g/mol. The molecule has 0 aliphatic heterocycles. The first kappa shape index (κ1) is 11.2. The van der Waals surface area contributed by atoms with Crippen LogP contribution in [0.15, 0.2) is 11.6 Å². The largest absolute Gasteiger partial charge is 0.0850 e. The summed E-state index contributed by atoms with van der Waals surface area (Å²) in [4.78, 5) is 0. The second-order valence-electron chi connectivity index (χ2n) is 6.27. The van der Waals surface area contributed by atoms with Crippen molar-refractivity contribution in [3.63, 3.8) is 0 Å². The standard InChI is InChI=1S/C15H26/c1-11(2)14-8-9-15(10-14)12(3)6-5-7-13(15)4/h6,11,13-14H,5,7-10H2,1-4H3. The van der Waals surface area contributed by atoms with E-state index in [1.54, 1.807) is 5.57 Å². The monoisotopic (exact) mass is 206 g/mol. The Bertz CT molecular complexity index is 261. The summed E-state index contributed by atoms with van der Waals surface area (Å²) in [5.74, 6) is 2.78. The lowest BCUT2D eigenvalue weighted by atomic mass is 9.64. The molecule has 3 unspecified atom stereocenters. The highest BCUT2D eigenvalue weighted by atomic mass is 14.5. The van der Waals surface area contributed by atoms with Gasteiger partial charge in [0.1, 0.15) is 0 Å². The lowest BCUT2D eigenvalue weighted by molar-refractivity contribution is 0.194. The second-order valence-corrected chi connectivity index (χ2v) is 6.27. The van der Waals surface area contributed by atoms with E-state index in [2.05, 4.69) is 33.8 Å². The van der Waals surface area contributed by atoms with E-state index in [0.717, 1.165) is 17.8 Å². The first-order chi connectivity index (χ1) is 7.06. The van der Waals surface area contributed by atoms with Gasteiger partial charge in [0.2, 0.25) is 0 Å². The van der Waals surface area contributed by atoms with Crippen molar-refractivity contribution in [2.45, 2.75) is 59.8 Å². The molecule has 86 valence electrons. The average molecular weight is 206 g/mol. The van der Waals surface area contributed by atoms with Crippen LogP contribution in [-0.4, -0.2) is 0 Å². The van der Waals surface area contributed by atoms with Crippen LogP contribution in [0.2, 0.25) is 0 Å². The predicted molar refractivity (Wildman–Crippen MR) is 66.8 cm³/mol. The van der Waals surface area contributed by atoms with E-state index in [9.17, 15) is 0 Å². The van der Waals surface area contributed by atoms with Gasteiger partial charge in [-0.3, -0.25) is 0 Å². The lowest BCUT2D eigenvalue weighted by Crippen LogP contribution is -2.30. The van der Waals surface area contributed by atoms with E-state index < -0.39 is 0 Å². The molecule has 0 saturated heterocycles. The predicted octanol–water partition coefficient (Wildman–Crippen LogP) is 4.81. The summed E-state index contributed by atoms with van der Waals surface area (Å²) in [6, 6.07) is 0. The zero-order valence-corrected chi connectivity index (χ0v) is 10.8. The molecule has 2 rings (SSSR count). The molecule has 0 aromatic heterocycles. The Balaban J connectivity index is 2.20. The maximum atomic E-state index is 2.52. The van der Waals surface area contributed by atoms with E-state index >= 15 is 0 Å². The molecular formula is C15H26. The minimum atomic E-state index is 0.604. The van der Waals surface area contributed by atoms with Crippen LogP contribution < -0.4 is 0 Å². The van der Waals surface area contributed by atoms with Gasteiger partial charge in [-0.2, -0.15) is 0 Å². The molecule has 3 atom stereocenters. The first-order valence-corrected chi connectivity index (χ1v) is 6.73. The minimum Gasteiger partial charge on any atom is -0.0850 e. The van der Waals surface area contributed by atoms with E-state index in [4.69, 9.17) is 0 Å². The fourth-order valence-corrected chi connectivity index (χ4v) is 3.91. The molecule has 0 amide bonds. The van der Waals surface area contributed by atoms with Crippen molar-refractivity contribution in [2.75, 3.05) is 0 Å². The van der Waals surface area contributed by atoms with Crippen LogP contribution in [0.3, 0.4) is 0 Å². The van der Waals surface area contributed by atoms with E-state index in [1.807, 2.05) is 0 Å². The number of rotatable bonds is 1. The Morgan fingerprint density at radius 2 is 2.07 bits per heavy atom. The molecule has 0 radical (unpaired) electrons. The summed E-state index contributed by atoms with van der Waals surface area (Å²) in [5.41, 5.74) is 2.32. The molecule has 2 aliphatic rings. The third-order valence-corrected chi connectivity index (χ3v) is 5.31. The normalized spacial score (nSPS) is 41.3. The van der Waals surface area contributed by atoms with E-state index in [1.165, 1.54) is 32.1 Å². The summed E-state index contributed by atoms with van der Waals surface area (Å²) in [5, 5.41) is 0. The molecule has 1 fully saturated rings. The summed E-state index contributed by atoms with van der Waals surface area (Å²) < 4.78 is 0. The van der Waals surface area contributed by atoms with Crippen LogP contribution in [0, 0.1) is 23.2 Å². The Hall–Kier alpha value is -0.260. The van der Waals surface area contributed by atoms with Crippen molar-refractivity contribution in [2.24, 2.45) is 23.2 Å². The number of allylic oxidation sites excluding steroid dienone is 2.